The number of thioether (sulfide) groups is 1. The molecule has 1 N–H and O–H groups in total. The Kier molecular flexibility index (Phi) is 3.80. The molecule has 0 spiro atoms. The molecule has 0 aromatic carbocycles. The zero-order valence-electron chi connectivity index (χ0n) is 10.3. The van der Waals surface area contributed by atoms with E-state index in [9.17, 15) is 4.79 Å². The average Bonchev–Trinajstić information content (AvgIpc) is 2.28. The molecule has 2 saturated heterocycles. The summed E-state index contributed by atoms with van der Waals surface area (Å²) in [6.45, 7) is 8.26. The molecule has 3 nitrogen and oxygen atoms in total. The number of amides is 1. The quantitative estimate of drug-likeness (QED) is 0.753. The predicted molar refractivity (Wildman–Crippen MR) is 68.7 cm³/mol. The third-order valence-corrected chi connectivity index (χ3v) is 4.68. The summed E-state index contributed by atoms with van der Waals surface area (Å²) in [7, 11) is 0. The van der Waals surface area contributed by atoms with E-state index in [1.54, 1.807) is 0 Å². The van der Waals surface area contributed by atoms with Crippen molar-refractivity contribution in [2.45, 2.75) is 31.4 Å². The summed E-state index contributed by atoms with van der Waals surface area (Å²) >= 11 is 1.98. The van der Waals surface area contributed by atoms with Crippen molar-refractivity contribution in [3.63, 3.8) is 0 Å². The lowest BCUT2D eigenvalue weighted by Gasteiger charge is -2.39. The summed E-state index contributed by atoms with van der Waals surface area (Å²) in [5.74, 6) is 1.69. The molecule has 0 unspecified atom stereocenters. The molecule has 1 atom stereocenters. The summed E-state index contributed by atoms with van der Waals surface area (Å²) in [4.78, 5) is 14.4. The number of hydrogen-bond acceptors (Lipinski definition) is 3. The molecule has 0 saturated carbocycles. The molecule has 16 heavy (non-hydrogen) atoms. The van der Waals surface area contributed by atoms with Gasteiger partial charge in [0.25, 0.3) is 0 Å². The van der Waals surface area contributed by atoms with Crippen LogP contribution in [0.15, 0.2) is 0 Å². The van der Waals surface area contributed by atoms with Crippen molar-refractivity contribution in [3.8, 4) is 0 Å². The van der Waals surface area contributed by atoms with E-state index in [0.29, 0.717) is 5.91 Å². The Bertz CT molecular complexity index is 262. The fourth-order valence-corrected chi connectivity index (χ4v) is 3.64. The van der Waals surface area contributed by atoms with E-state index in [-0.39, 0.29) is 10.7 Å². The van der Waals surface area contributed by atoms with Crippen molar-refractivity contribution in [2.75, 3.05) is 31.9 Å². The number of nitrogens with zero attached hydrogens (tertiary/aromatic N) is 1. The van der Waals surface area contributed by atoms with Gasteiger partial charge in [0.1, 0.15) is 0 Å². The molecule has 4 heteroatoms. The lowest BCUT2D eigenvalue weighted by molar-refractivity contribution is -0.136. The summed E-state index contributed by atoms with van der Waals surface area (Å²) < 4.78 is 0.232. The molecule has 0 aromatic heterocycles. The molecule has 2 aliphatic rings. The second-order valence-corrected chi connectivity index (χ2v) is 7.21. The van der Waals surface area contributed by atoms with Gasteiger partial charge in [-0.05, 0) is 33.2 Å². The summed E-state index contributed by atoms with van der Waals surface area (Å²) in [5.41, 5.74) is 0. The maximum Gasteiger partial charge on any atom is 0.227 e. The predicted octanol–water partition coefficient (Wildman–Crippen LogP) is 1.34. The van der Waals surface area contributed by atoms with Crippen LogP contribution >= 0.6 is 11.8 Å². The van der Waals surface area contributed by atoms with Crippen LogP contribution in [0.4, 0.5) is 0 Å². The van der Waals surface area contributed by atoms with Gasteiger partial charge in [-0.15, -0.1) is 0 Å². The first-order valence-corrected chi connectivity index (χ1v) is 7.20. The number of carbonyl (C=O) groups excluding carboxylic acids is 1. The highest BCUT2D eigenvalue weighted by molar-refractivity contribution is 8.00. The molecule has 92 valence electrons. The van der Waals surface area contributed by atoms with Crippen molar-refractivity contribution in [1.29, 1.82) is 0 Å². The van der Waals surface area contributed by atoms with E-state index in [0.717, 1.165) is 44.8 Å². The van der Waals surface area contributed by atoms with Crippen LogP contribution in [0.25, 0.3) is 0 Å². The molecule has 0 aromatic rings. The van der Waals surface area contributed by atoms with Crippen molar-refractivity contribution in [3.05, 3.63) is 0 Å². The number of hydrogen-bond donors (Lipinski definition) is 1. The van der Waals surface area contributed by atoms with E-state index >= 15 is 0 Å². The molecule has 2 heterocycles. The molecule has 0 aliphatic carbocycles. The van der Waals surface area contributed by atoms with Gasteiger partial charge >= 0.3 is 0 Å². The Labute approximate surface area is 102 Å². The Hall–Kier alpha value is -0.220. The third-order valence-electron chi connectivity index (χ3n) is 3.38. The Morgan fingerprint density at radius 3 is 2.94 bits per heavy atom. The molecule has 0 radical (unpaired) electrons. The van der Waals surface area contributed by atoms with Gasteiger partial charge in [-0.25, -0.2) is 0 Å². The Balaban J connectivity index is 1.93. The van der Waals surface area contributed by atoms with E-state index < -0.39 is 0 Å². The first kappa shape index (κ1) is 12.2. The molecule has 0 bridgehead atoms. The lowest BCUT2D eigenvalue weighted by Crippen LogP contribution is -2.50. The van der Waals surface area contributed by atoms with Crippen molar-refractivity contribution >= 4 is 17.7 Å². The number of rotatable bonds is 1. The van der Waals surface area contributed by atoms with Crippen LogP contribution in [0.5, 0.6) is 0 Å². The third kappa shape index (κ3) is 2.92. The van der Waals surface area contributed by atoms with Crippen LogP contribution < -0.4 is 5.32 Å². The molecule has 1 amide bonds. The van der Waals surface area contributed by atoms with Crippen LogP contribution in [-0.4, -0.2) is 47.5 Å². The Morgan fingerprint density at radius 2 is 2.31 bits per heavy atom. The summed E-state index contributed by atoms with van der Waals surface area (Å²) in [6.07, 6.45) is 2.21. The monoisotopic (exact) mass is 242 g/mol. The zero-order valence-corrected chi connectivity index (χ0v) is 11.1. The van der Waals surface area contributed by atoms with Gasteiger partial charge in [0.2, 0.25) is 5.91 Å². The van der Waals surface area contributed by atoms with Crippen LogP contribution in [0.1, 0.15) is 26.7 Å². The van der Waals surface area contributed by atoms with Gasteiger partial charge in [-0.1, -0.05) is 0 Å². The van der Waals surface area contributed by atoms with Gasteiger partial charge in [0.05, 0.1) is 5.92 Å². The first-order chi connectivity index (χ1) is 7.58. The number of nitrogens with one attached hydrogen (secondary N) is 1. The smallest absolute Gasteiger partial charge is 0.227 e. The minimum atomic E-state index is 0.229. The van der Waals surface area contributed by atoms with Crippen LogP contribution in [-0.2, 0) is 4.79 Å². The molecule has 2 aliphatic heterocycles. The second kappa shape index (κ2) is 4.96. The maximum absolute atomic E-state index is 12.3. The van der Waals surface area contributed by atoms with Crippen LogP contribution in [0.3, 0.4) is 0 Å². The lowest BCUT2D eigenvalue weighted by atomic mass is 9.97. The largest absolute Gasteiger partial charge is 0.340 e. The fraction of sp³-hybridized carbons (Fsp3) is 0.917. The number of piperidine rings is 1. The van der Waals surface area contributed by atoms with Gasteiger partial charge in [0, 0.05) is 30.1 Å². The minimum Gasteiger partial charge on any atom is -0.340 e. The summed E-state index contributed by atoms with van der Waals surface area (Å²) in [5, 5.41) is 3.32. The second-order valence-electron chi connectivity index (χ2n) is 5.41. The van der Waals surface area contributed by atoms with E-state index in [4.69, 9.17) is 0 Å². The van der Waals surface area contributed by atoms with Gasteiger partial charge in [0.15, 0.2) is 0 Å². The Morgan fingerprint density at radius 1 is 1.50 bits per heavy atom. The van der Waals surface area contributed by atoms with Gasteiger partial charge < -0.3 is 10.2 Å². The summed E-state index contributed by atoms with van der Waals surface area (Å²) in [6, 6.07) is 0. The van der Waals surface area contributed by atoms with Crippen molar-refractivity contribution < 1.29 is 4.79 Å². The number of carbonyl (C=O) groups is 1. The van der Waals surface area contributed by atoms with Crippen LogP contribution in [0.2, 0.25) is 0 Å². The SMILES string of the molecule is CC1(C)CN(C(=O)[C@H]2CCCNC2)CCS1. The average molecular weight is 242 g/mol. The highest BCUT2D eigenvalue weighted by Gasteiger charge is 2.33. The molecule has 2 fully saturated rings. The van der Waals surface area contributed by atoms with E-state index in [1.165, 1.54) is 0 Å². The molecule has 2 rings (SSSR count). The highest BCUT2D eigenvalue weighted by atomic mass is 32.2. The van der Waals surface area contributed by atoms with Gasteiger partial charge in [-0.3, -0.25) is 4.79 Å². The topological polar surface area (TPSA) is 32.3 Å². The highest BCUT2D eigenvalue weighted by Crippen LogP contribution is 2.30. The normalized spacial score (nSPS) is 30.1. The van der Waals surface area contributed by atoms with E-state index in [1.807, 2.05) is 11.8 Å². The molecular weight excluding hydrogens is 220 g/mol. The van der Waals surface area contributed by atoms with Crippen LogP contribution in [0, 0.1) is 5.92 Å². The van der Waals surface area contributed by atoms with Crippen molar-refractivity contribution in [1.82, 2.24) is 10.2 Å². The standard InChI is InChI=1S/C12H22N2OS/c1-12(2)9-14(6-7-16-12)11(15)10-4-3-5-13-8-10/h10,13H,3-9H2,1-2H3/t10-/m0/s1. The maximum atomic E-state index is 12.3. The fourth-order valence-electron chi connectivity index (χ4n) is 2.53. The van der Waals surface area contributed by atoms with Crippen molar-refractivity contribution in [2.24, 2.45) is 5.92 Å². The van der Waals surface area contributed by atoms with Gasteiger partial charge in [-0.2, -0.15) is 11.8 Å². The minimum absolute atomic E-state index is 0.229. The zero-order chi connectivity index (χ0) is 11.6. The first-order valence-electron chi connectivity index (χ1n) is 6.22. The molecular formula is C12H22N2OS. The van der Waals surface area contributed by atoms with E-state index in [2.05, 4.69) is 24.1 Å².